The summed E-state index contributed by atoms with van der Waals surface area (Å²) >= 11 is 6.71. The van der Waals surface area contributed by atoms with Gasteiger partial charge in [-0.25, -0.2) is 14.6 Å². The van der Waals surface area contributed by atoms with Gasteiger partial charge in [-0.05, 0) is 75.0 Å². The number of hydrogen-bond donors (Lipinski definition) is 3. The number of carboxylic acid groups (broad SMARTS) is 1. The molecule has 246 valence electrons. The van der Waals surface area contributed by atoms with Crippen molar-refractivity contribution in [3.8, 4) is 5.75 Å². The Labute approximate surface area is 266 Å². The molecule has 1 aromatic carbocycles. The Morgan fingerprint density at radius 2 is 1.93 bits per heavy atom. The van der Waals surface area contributed by atoms with Crippen LogP contribution in [0, 0.1) is 16.7 Å². The number of fused-ring (bicyclic) bond motifs is 1. The van der Waals surface area contributed by atoms with Crippen LogP contribution in [0.3, 0.4) is 0 Å². The van der Waals surface area contributed by atoms with Crippen molar-refractivity contribution in [1.29, 1.82) is 0 Å². The molecule has 45 heavy (non-hydrogen) atoms. The Bertz CT molecular complexity index is 1420. The highest BCUT2D eigenvalue weighted by atomic mass is 35.5. The SMILES string of the molecule is C[C@]1(C(=O)O)CCCC[C@H]1C(=O)N1CCc2c(Cl)ccc(OC/C(N)=C(\C(F)F)N(N)C3CC3)c2[C@H]1CN1CC2(CC2)CC1=O. The summed E-state index contributed by atoms with van der Waals surface area (Å²) in [4.78, 5) is 43.6. The lowest BCUT2D eigenvalue weighted by Crippen LogP contribution is -2.52. The summed E-state index contributed by atoms with van der Waals surface area (Å²) < 4.78 is 34.2. The van der Waals surface area contributed by atoms with Gasteiger partial charge in [0.25, 0.3) is 6.43 Å². The highest BCUT2D eigenvalue weighted by molar-refractivity contribution is 6.31. The van der Waals surface area contributed by atoms with Crippen LogP contribution in [0.5, 0.6) is 5.75 Å². The van der Waals surface area contributed by atoms with Crippen molar-refractivity contribution in [3.63, 3.8) is 0 Å². The summed E-state index contributed by atoms with van der Waals surface area (Å²) in [6.07, 6.45) is 3.66. The van der Waals surface area contributed by atoms with Crippen molar-refractivity contribution in [2.45, 2.75) is 89.6 Å². The Balaban J connectivity index is 1.36. The lowest BCUT2D eigenvalue weighted by atomic mass is 9.66. The highest BCUT2D eigenvalue weighted by Crippen LogP contribution is 2.54. The van der Waals surface area contributed by atoms with Gasteiger partial charge in [0.1, 0.15) is 18.1 Å². The molecule has 5 N–H and O–H groups in total. The number of nitrogens with zero attached hydrogens (tertiary/aromatic N) is 3. The molecule has 3 atom stereocenters. The van der Waals surface area contributed by atoms with Crippen molar-refractivity contribution in [2.24, 2.45) is 28.3 Å². The summed E-state index contributed by atoms with van der Waals surface area (Å²) in [7, 11) is 0. The molecule has 0 aromatic heterocycles. The summed E-state index contributed by atoms with van der Waals surface area (Å²) in [5.41, 5.74) is 5.59. The van der Waals surface area contributed by atoms with E-state index >= 15 is 0 Å². The standard InChI is InChI=1S/C32H42ClF2N5O5/c1-31(30(43)44)10-3-2-4-20(31)29(42)39-13-9-19-21(33)7-8-24(45-16-22(36)27(28(34)35)40(37)18-5-6-18)26(19)23(39)15-38-17-32(11-12-32)14-25(38)41/h7-8,18,20,23,28H,2-6,9-17,36-37H2,1H3,(H,43,44)/b27-22-/t20-,23+,31-/m0/s1. The minimum atomic E-state index is -2.89. The molecule has 2 heterocycles. The maximum atomic E-state index is 14.4. The minimum absolute atomic E-state index is 0.0110. The number of carboxylic acids is 1. The van der Waals surface area contributed by atoms with Crippen LogP contribution in [0.4, 0.5) is 8.78 Å². The molecule has 2 amide bonds. The van der Waals surface area contributed by atoms with Crippen molar-refractivity contribution < 1.29 is 33.0 Å². The predicted octanol–water partition coefficient (Wildman–Crippen LogP) is 4.21. The van der Waals surface area contributed by atoms with E-state index in [2.05, 4.69) is 0 Å². The molecular weight excluding hydrogens is 608 g/mol. The van der Waals surface area contributed by atoms with Gasteiger partial charge in [0, 0.05) is 42.7 Å². The predicted molar refractivity (Wildman–Crippen MR) is 162 cm³/mol. The molecule has 3 aliphatic carbocycles. The molecule has 0 unspecified atom stereocenters. The molecule has 3 saturated carbocycles. The second-order valence-corrected chi connectivity index (χ2v) is 14.3. The molecule has 0 radical (unpaired) electrons. The molecule has 0 bridgehead atoms. The van der Waals surface area contributed by atoms with Gasteiger partial charge < -0.3 is 30.4 Å². The Morgan fingerprint density at radius 1 is 1.20 bits per heavy atom. The summed E-state index contributed by atoms with van der Waals surface area (Å²) in [6.45, 7) is 2.35. The first-order chi connectivity index (χ1) is 21.3. The van der Waals surface area contributed by atoms with Gasteiger partial charge in [-0.3, -0.25) is 14.4 Å². The van der Waals surface area contributed by atoms with Crippen LogP contribution in [0.15, 0.2) is 23.5 Å². The molecule has 2 aliphatic heterocycles. The normalized spacial score (nSPS) is 27.8. The number of rotatable bonds is 10. The van der Waals surface area contributed by atoms with Gasteiger partial charge in [0.05, 0.1) is 23.1 Å². The van der Waals surface area contributed by atoms with Crippen LogP contribution in [0.25, 0.3) is 0 Å². The van der Waals surface area contributed by atoms with Crippen LogP contribution in [-0.2, 0) is 20.8 Å². The number of hydrogen-bond acceptors (Lipinski definition) is 7. The first kappa shape index (κ1) is 31.8. The first-order valence-corrected chi connectivity index (χ1v) is 16.3. The lowest BCUT2D eigenvalue weighted by molar-refractivity contribution is -0.162. The van der Waals surface area contributed by atoms with E-state index in [1.165, 1.54) is 0 Å². The molecule has 1 aromatic rings. The van der Waals surface area contributed by atoms with E-state index in [1.54, 1.807) is 28.9 Å². The van der Waals surface area contributed by atoms with Crippen LogP contribution in [0.2, 0.25) is 5.02 Å². The average Bonchev–Trinajstić information content (AvgIpc) is 3.92. The number of benzene rings is 1. The van der Waals surface area contributed by atoms with Crippen molar-refractivity contribution in [1.82, 2.24) is 14.8 Å². The van der Waals surface area contributed by atoms with Crippen LogP contribution in [0.1, 0.15) is 81.9 Å². The van der Waals surface area contributed by atoms with Gasteiger partial charge in [-0.15, -0.1) is 0 Å². The number of alkyl halides is 2. The number of carbonyl (C=O) groups excluding carboxylic acids is 2. The van der Waals surface area contributed by atoms with Gasteiger partial charge in [-0.1, -0.05) is 24.4 Å². The minimum Gasteiger partial charge on any atom is -0.487 e. The van der Waals surface area contributed by atoms with Crippen molar-refractivity contribution in [3.05, 3.63) is 39.7 Å². The highest BCUT2D eigenvalue weighted by Gasteiger charge is 2.54. The van der Waals surface area contributed by atoms with E-state index < -0.39 is 35.5 Å². The Kier molecular flexibility index (Phi) is 8.43. The van der Waals surface area contributed by atoms with E-state index in [0.717, 1.165) is 36.3 Å². The first-order valence-electron chi connectivity index (χ1n) is 15.9. The fourth-order valence-corrected chi connectivity index (χ4v) is 7.87. The van der Waals surface area contributed by atoms with Crippen LogP contribution in [-0.4, -0.2) is 76.4 Å². The Morgan fingerprint density at radius 3 is 2.56 bits per heavy atom. The van der Waals surface area contributed by atoms with Gasteiger partial charge >= 0.3 is 5.97 Å². The number of hydrazine groups is 1. The number of halogens is 3. The van der Waals surface area contributed by atoms with Gasteiger partial charge in [0.2, 0.25) is 11.8 Å². The third-order valence-corrected chi connectivity index (χ3v) is 11.1. The maximum Gasteiger partial charge on any atom is 0.310 e. The lowest BCUT2D eigenvalue weighted by Gasteiger charge is -2.45. The van der Waals surface area contributed by atoms with E-state index in [-0.39, 0.29) is 42.1 Å². The van der Waals surface area contributed by atoms with E-state index in [0.29, 0.717) is 68.0 Å². The fraction of sp³-hybridized carbons (Fsp3) is 0.656. The molecule has 5 aliphatic rings. The zero-order chi connectivity index (χ0) is 32.3. The average molecular weight is 650 g/mol. The number of aliphatic carboxylic acids is 1. The fourth-order valence-electron chi connectivity index (χ4n) is 7.61. The largest absolute Gasteiger partial charge is 0.487 e. The van der Waals surface area contributed by atoms with Crippen LogP contribution >= 0.6 is 11.6 Å². The quantitative estimate of drug-likeness (QED) is 0.253. The maximum absolute atomic E-state index is 14.4. The second-order valence-electron chi connectivity index (χ2n) is 13.8. The third-order valence-electron chi connectivity index (χ3n) is 10.7. The molecule has 1 spiro atoms. The Hall–Kier alpha value is -3.12. The number of nitrogens with two attached hydrogens (primary N) is 2. The van der Waals surface area contributed by atoms with Gasteiger partial charge in [0.15, 0.2) is 0 Å². The molecule has 1 saturated heterocycles. The van der Waals surface area contributed by atoms with Crippen molar-refractivity contribution in [2.75, 3.05) is 26.2 Å². The molecule has 10 nitrogen and oxygen atoms in total. The molecular formula is C32H42ClF2N5O5. The number of carbonyl (C=O) groups is 3. The topological polar surface area (TPSA) is 142 Å². The summed E-state index contributed by atoms with van der Waals surface area (Å²) in [5.74, 6) is 4.30. The number of allylic oxidation sites excluding steroid dienone is 1. The summed E-state index contributed by atoms with van der Waals surface area (Å²) in [6, 6.07) is 2.43. The second kappa shape index (κ2) is 11.9. The number of likely N-dealkylation sites (tertiary alicyclic amines) is 1. The summed E-state index contributed by atoms with van der Waals surface area (Å²) in [5, 5.41) is 11.7. The van der Waals surface area contributed by atoms with E-state index in [9.17, 15) is 28.3 Å². The van der Waals surface area contributed by atoms with Gasteiger partial charge in [-0.2, -0.15) is 0 Å². The molecule has 4 fully saturated rings. The smallest absolute Gasteiger partial charge is 0.310 e. The third kappa shape index (κ3) is 5.95. The van der Waals surface area contributed by atoms with E-state index in [4.69, 9.17) is 27.9 Å². The van der Waals surface area contributed by atoms with Crippen molar-refractivity contribution >= 4 is 29.4 Å². The van der Waals surface area contributed by atoms with E-state index in [1.807, 2.05) is 0 Å². The molecule has 6 rings (SSSR count). The monoisotopic (exact) mass is 649 g/mol. The molecule has 13 heteroatoms. The van der Waals surface area contributed by atoms with Crippen LogP contribution < -0.4 is 16.3 Å². The number of ether oxygens (including phenoxy) is 1. The number of amides is 2. The zero-order valence-electron chi connectivity index (χ0n) is 25.6. The zero-order valence-corrected chi connectivity index (χ0v) is 26.3.